The van der Waals surface area contributed by atoms with E-state index in [2.05, 4.69) is 69.3 Å². The number of nitrogens with one attached hydrogen (secondary N) is 1. The first kappa shape index (κ1) is 11.4. The van der Waals surface area contributed by atoms with Gasteiger partial charge in [0, 0.05) is 34.6 Å². The van der Waals surface area contributed by atoms with E-state index in [1.807, 2.05) is 13.2 Å². The van der Waals surface area contributed by atoms with E-state index < -0.39 is 0 Å². The normalized spacial score (nSPS) is 10.1. The zero-order chi connectivity index (χ0) is 11.4. The number of anilines is 1. The Morgan fingerprint density at radius 1 is 1.12 bits per heavy atom. The molecular weight excluding hydrogens is 311 g/mol. The van der Waals surface area contributed by atoms with Crippen LogP contribution >= 0.6 is 22.6 Å². The van der Waals surface area contributed by atoms with Gasteiger partial charge in [-0.05, 0) is 52.4 Å². The molecule has 0 spiro atoms. The summed E-state index contributed by atoms with van der Waals surface area (Å²) in [5, 5.41) is 3.11. The van der Waals surface area contributed by atoms with Crippen molar-refractivity contribution in [3.63, 3.8) is 0 Å². The largest absolute Gasteiger partial charge is 0.388 e. The summed E-state index contributed by atoms with van der Waals surface area (Å²) in [6.45, 7) is 0. The van der Waals surface area contributed by atoms with Crippen molar-refractivity contribution in [1.82, 2.24) is 4.98 Å². The highest BCUT2D eigenvalue weighted by Gasteiger charge is 1.97. The van der Waals surface area contributed by atoms with Gasteiger partial charge >= 0.3 is 0 Å². The standard InChI is InChI=1S/C13H13IN2/c1-15-12-5-2-10(3-6-12)8-13-7-4-11(14)9-16-13/h2-7,9,15H,8H2,1H3. The lowest BCUT2D eigenvalue weighted by Crippen LogP contribution is -1.93. The van der Waals surface area contributed by atoms with E-state index in [-0.39, 0.29) is 0 Å². The van der Waals surface area contributed by atoms with Crippen molar-refractivity contribution in [2.45, 2.75) is 6.42 Å². The van der Waals surface area contributed by atoms with E-state index in [9.17, 15) is 0 Å². The molecule has 1 aromatic heterocycles. The third-order valence-electron chi connectivity index (χ3n) is 2.42. The highest BCUT2D eigenvalue weighted by molar-refractivity contribution is 14.1. The second-order valence-electron chi connectivity index (χ2n) is 3.59. The second kappa shape index (κ2) is 5.30. The van der Waals surface area contributed by atoms with Crippen LogP contribution in [-0.2, 0) is 6.42 Å². The second-order valence-corrected chi connectivity index (χ2v) is 4.84. The summed E-state index contributed by atoms with van der Waals surface area (Å²) in [6, 6.07) is 12.6. The Hall–Kier alpha value is -1.10. The minimum Gasteiger partial charge on any atom is -0.388 e. The molecule has 0 bridgehead atoms. The predicted molar refractivity (Wildman–Crippen MR) is 75.7 cm³/mol. The minimum atomic E-state index is 0.890. The van der Waals surface area contributed by atoms with Crippen molar-refractivity contribution in [1.29, 1.82) is 0 Å². The topological polar surface area (TPSA) is 24.9 Å². The zero-order valence-corrected chi connectivity index (χ0v) is 11.2. The van der Waals surface area contributed by atoms with Gasteiger partial charge in [0.2, 0.25) is 0 Å². The van der Waals surface area contributed by atoms with Gasteiger partial charge in [0.15, 0.2) is 0 Å². The lowest BCUT2D eigenvalue weighted by atomic mass is 10.1. The van der Waals surface area contributed by atoms with Crippen molar-refractivity contribution >= 4 is 28.3 Å². The van der Waals surface area contributed by atoms with Crippen molar-refractivity contribution in [3.8, 4) is 0 Å². The maximum absolute atomic E-state index is 4.39. The Balaban J connectivity index is 2.11. The number of halogens is 1. The number of hydrogen-bond donors (Lipinski definition) is 1. The summed E-state index contributed by atoms with van der Waals surface area (Å²) in [5.41, 5.74) is 3.53. The summed E-state index contributed by atoms with van der Waals surface area (Å²) >= 11 is 2.27. The van der Waals surface area contributed by atoms with Gasteiger partial charge in [-0.2, -0.15) is 0 Å². The van der Waals surface area contributed by atoms with Gasteiger partial charge in [-0.3, -0.25) is 4.98 Å². The van der Waals surface area contributed by atoms with E-state index >= 15 is 0 Å². The first-order valence-electron chi connectivity index (χ1n) is 5.15. The number of aromatic nitrogens is 1. The summed E-state index contributed by atoms with van der Waals surface area (Å²) in [7, 11) is 1.93. The van der Waals surface area contributed by atoms with Gasteiger partial charge in [0.05, 0.1) is 0 Å². The number of benzene rings is 1. The Morgan fingerprint density at radius 2 is 1.88 bits per heavy atom. The molecule has 2 nitrogen and oxygen atoms in total. The molecule has 0 aliphatic rings. The maximum Gasteiger partial charge on any atom is 0.0448 e. The van der Waals surface area contributed by atoms with Crippen LogP contribution in [0.2, 0.25) is 0 Å². The molecule has 2 rings (SSSR count). The number of pyridine rings is 1. The highest BCUT2D eigenvalue weighted by Crippen LogP contribution is 2.12. The molecule has 0 saturated carbocycles. The van der Waals surface area contributed by atoms with Crippen molar-refractivity contribution in [2.75, 3.05) is 12.4 Å². The van der Waals surface area contributed by atoms with E-state index in [1.165, 1.54) is 9.13 Å². The van der Waals surface area contributed by atoms with Crippen LogP contribution in [0, 0.1) is 3.57 Å². The van der Waals surface area contributed by atoms with Crippen molar-refractivity contribution < 1.29 is 0 Å². The predicted octanol–water partition coefficient (Wildman–Crippen LogP) is 3.32. The molecular formula is C13H13IN2. The van der Waals surface area contributed by atoms with Crippen LogP contribution in [0.25, 0.3) is 0 Å². The van der Waals surface area contributed by atoms with Crippen LogP contribution < -0.4 is 5.32 Å². The van der Waals surface area contributed by atoms with E-state index in [4.69, 9.17) is 0 Å². The number of rotatable bonds is 3. The Labute approximate surface area is 109 Å². The van der Waals surface area contributed by atoms with Crippen LogP contribution in [0.5, 0.6) is 0 Å². The molecule has 0 unspecified atom stereocenters. The lowest BCUT2D eigenvalue weighted by Gasteiger charge is -2.03. The molecule has 1 N–H and O–H groups in total. The maximum atomic E-state index is 4.39. The minimum absolute atomic E-state index is 0.890. The lowest BCUT2D eigenvalue weighted by molar-refractivity contribution is 1.07. The third kappa shape index (κ3) is 2.95. The van der Waals surface area contributed by atoms with E-state index in [0.717, 1.165) is 17.8 Å². The van der Waals surface area contributed by atoms with E-state index in [1.54, 1.807) is 0 Å². The van der Waals surface area contributed by atoms with Gasteiger partial charge in [0.25, 0.3) is 0 Å². The van der Waals surface area contributed by atoms with Gasteiger partial charge in [-0.25, -0.2) is 0 Å². The molecule has 0 fully saturated rings. The van der Waals surface area contributed by atoms with Gasteiger partial charge in [-0.15, -0.1) is 0 Å². The molecule has 0 atom stereocenters. The highest BCUT2D eigenvalue weighted by atomic mass is 127. The summed E-state index contributed by atoms with van der Waals surface area (Å²) in [6.07, 6.45) is 2.79. The van der Waals surface area contributed by atoms with Crippen LogP contribution in [0.15, 0.2) is 42.6 Å². The van der Waals surface area contributed by atoms with Crippen molar-refractivity contribution in [2.24, 2.45) is 0 Å². The van der Waals surface area contributed by atoms with Crippen molar-refractivity contribution in [3.05, 3.63) is 57.4 Å². The fraction of sp³-hybridized carbons (Fsp3) is 0.154. The molecule has 3 heteroatoms. The molecule has 82 valence electrons. The molecule has 1 aromatic carbocycles. The molecule has 1 heterocycles. The SMILES string of the molecule is CNc1ccc(Cc2ccc(I)cn2)cc1. The monoisotopic (exact) mass is 324 g/mol. The van der Waals surface area contributed by atoms with Gasteiger partial charge in [-0.1, -0.05) is 12.1 Å². The number of nitrogens with zero attached hydrogens (tertiary/aromatic N) is 1. The fourth-order valence-electron chi connectivity index (χ4n) is 1.51. The Bertz CT molecular complexity index is 448. The fourth-order valence-corrected chi connectivity index (χ4v) is 1.83. The van der Waals surface area contributed by atoms with Crippen LogP contribution in [-0.4, -0.2) is 12.0 Å². The summed E-state index contributed by atoms with van der Waals surface area (Å²) in [4.78, 5) is 4.39. The average Bonchev–Trinajstić information content (AvgIpc) is 2.33. The first-order chi connectivity index (χ1) is 7.78. The smallest absolute Gasteiger partial charge is 0.0448 e. The van der Waals surface area contributed by atoms with E-state index in [0.29, 0.717) is 0 Å². The molecule has 0 radical (unpaired) electrons. The molecule has 0 saturated heterocycles. The summed E-state index contributed by atoms with van der Waals surface area (Å²) in [5.74, 6) is 0. The molecule has 0 aliphatic heterocycles. The van der Waals surface area contributed by atoms with Gasteiger partial charge < -0.3 is 5.32 Å². The Kier molecular flexibility index (Phi) is 3.77. The Morgan fingerprint density at radius 3 is 2.44 bits per heavy atom. The third-order valence-corrected chi connectivity index (χ3v) is 3.05. The van der Waals surface area contributed by atoms with Gasteiger partial charge in [0.1, 0.15) is 0 Å². The summed E-state index contributed by atoms with van der Waals surface area (Å²) < 4.78 is 1.17. The quantitative estimate of drug-likeness (QED) is 0.876. The molecule has 0 amide bonds. The molecule has 2 aromatic rings. The zero-order valence-electron chi connectivity index (χ0n) is 9.07. The van der Waals surface area contributed by atoms with Crippen LogP contribution in [0.1, 0.15) is 11.3 Å². The average molecular weight is 324 g/mol. The molecule has 0 aliphatic carbocycles. The first-order valence-corrected chi connectivity index (χ1v) is 6.23. The molecule has 16 heavy (non-hydrogen) atoms. The number of hydrogen-bond acceptors (Lipinski definition) is 2. The van der Waals surface area contributed by atoms with Crippen LogP contribution in [0.3, 0.4) is 0 Å². The van der Waals surface area contributed by atoms with Crippen LogP contribution in [0.4, 0.5) is 5.69 Å².